The highest BCUT2D eigenvalue weighted by Crippen LogP contribution is 2.43. The van der Waals surface area contributed by atoms with Gasteiger partial charge in [-0.25, -0.2) is 0 Å². The fraction of sp³-hybridized carbons (Fsp3) is 0.400. The number of allylic oxidation sites excluding steroid dienone is 2. The number of benzene rings is 1. The maximum atomic E-state index is 11.2. The van der Waals surface area contributed by atoms with Crippen LogP contribution in [-0.4, -0.2) is 12.5 Å². The Morgan fingerprint density at radius 1 is 1.37 bits per heavy atom. The van der Waals surface area contributed by atoms with Crippen LogP contribution >= 0.6 is 11.6 Å². The van der Waals surface area contributed by atoms with Crippen molar-refractivity contribution in [1.82, 2.24) is 0 Å². The van der Waals surface area contributed by atoms with Crippen LogP contribution in [0.4, 0.5) is 5.69 Å². The van der Waals surface area contributed by atoms with Crippen LogP contribution in [0.25, 0.3) is 0 Å². The number of nitrogens with two attached hydrogens (primary N) is 1. The number of anilines is 1. The summed E-state index contributed by atoms with van der Waals surface area (Å²) in [5.74, 6) is 1.71. The molecule has 3 atom stereocenters. The second-order valence-electron chi connectivity index (χ2n) is 5.48. The van der Waals surface area contributed by atoms with Gasteiger partial charge in [-0.3, -0.25) is 4.79 Å². The van der Waals surface area contributed by atoms with Crippen LogP contribution in [0.15, 0.2) is 30.4 Å². The maximum absolute atomic E-state index is 11.2. The lowest BCUT2D eigenvalue weighted by Crippen LogP contribution is -2.18. The Hall–Kier alpha value is -1.48. The standard InChI is InChI=1S/C15H17ClN2O/c16-14-4-3-12(7-13(14)15(17)19)18-8-11-6-9-1-2-10(11)5-9/h1-4,7,9-11,18H,5-6,8H2,(H2,17,19). The second kappa shape index (κ2) is 4.89. The van der Waals surface area contributed by atoms with Gasteiger partial charge in [0.15, 0.2) is 0 Å². The van der Waals surface area contributed by atoms with Crippen LogP contribution in [-0.2, 0) is 0 Å². The molecular formula is C15H17ClN2O. The summed E-state index contributed by atoms with van der Waals surface area (Å²) in [6.07, 6.45) is 7.26. The van der Waals surface area contributed by atoms with Crippen molar-refractivity contribution >= 4 is 23.2 Å². The summed E-state index contributed by atoms with van der Waals surface area (Å²) in [5, 5.41) is 3.80. The molecule has 0 aliphatic heterocycles. The van der Waals surface area contributed by atoms with Gasteiger partial charge in [-0.1, -0.05) is 23.8 Å². The van der Waals surface area contributed by atoms with E-state index < -0.39 is 5.91 Å². The molecule has 100 valence electrons. The average molecular weight is 277 g/mol. The molecule has 3 N–H and O–H groups in total. The van der Waals surface area contributed by atoms with E-state index in [-0.39, 0.29) is 0 Å². The van der Waals surface area contributed by atoms with Crippen LogP contribution in [0.1, 0.15) is 23.2 Å². The quantitative estimate of drug-likeness (QED) is 0.831. The van der Waals surface area contributed by atoms with Gasteiger partial charge in [0.25, 0.3) is 0 Å². The summed E-state index contributed by atoms with van der Waals surface area (Å²) in [4.78, 5) is 11.2. The zero-order chi connectivity index (χ0) is 13.4. The van der Waals surface area contributed by atoms with Gasteiger partial charge in [0.05, 0.1) is 10.6 Å². The number of primary amides is 1. The lowest BCUT2D eigenvalue weighted by atomic mass is 9.93. The Labute approximate surface area is 117 Å². The zero-order valence-corrected chi connectivity index (χ0v) is 11.4. The Balaban J connectivity index is 1.66. The summed E-state index contributed by atoms with van der Waals surface area (Å²) < 4.78 is 0. The fourth-order valence-corrected chi connectivity index (χ4v) is 3.41. The molecule has 3 rings (SSSR count). The number of nitrogens with one attached hydrogen (secondary N) is 1. The van der Waals surface area contributed by atoms with E-state index in [9.17, 15) is 4.79 Å². The molecule has 0 radical (unpaired) electrons. The molecule has 2 bridgehead atoms. The van der Waals surface area contributed by atoms with Gasteiger partial charge in [0, 0.05) is 12.2 Å². The van der Waals surface area contributed by atoms with Crippen LogP contribution in [0.2, 0.25) is 5.02 Å². The van der Waals surface area contributed by atoms with E-state index in [1.807, 2.05) is 6.07 Å². The van der Waals surface area contributed by atoms with E-state index in [4.69, 9.17) is 17.3 Å². The fourth-order valence-electron chi connectivity index (χ4n) is 3.20. The first-order valence-electron chi connectivity index (χ1n) is 6.65. The second-order valence-corrected chi connectivity index (χ2v) is 5.89. The van der Waals surface area contributed by atoms with Crippen LogP contribution in [0, 0.1) is 17.8 Å². The van der Waals surface area contributed by atoms with E-state index in [0.29, 0.717) is 16.5 Å². The predicted molar refractivity (Wildman–Crippen MR) is 77.3 cm³/mol. The summed E-state index contributed by atoms with van der Waals surface area (Å²) in [6.45, 7) is 0.936. The van der Waals surface area contributed by atoms with E-state index >= 15 is 0 Å². The van der Waals surface area contributed by atoms with Crippen LogP contribution in [0.5, 0.6) is 0 Å². The van der Waals surface area contributed by atoms with Crippen molar-refractivity contribution in [2.75, 3.05) is 11.9 Å². The van der Waals surface area contributed by atoms with Crippen molar-refractivity contribution < 1.29 is 4.79 Å². The number of fused-ring (bicyclic) bond motifs is 2. The normalized spacial score (nSPS) is 27.7. The summed E-state index contributed by atoms with van der Waals surface area (Å²) >= 11 is 5.93. The minimum atomic E-state index is -0.489. The highest BCUT2D eigenvalue weighted by atomic mass is 35.5. The van der Waals surface area contributed by atoms with Gasteiger partial charge in [0.2, 0.25) is 5.91 Å². The minimum Gasteiger partial charge on any atom is -0.385 e. The molecule has 1 fully saturated rings. The molecule has 0 saturated heterocycles. The lowest BCUT2D eigenvalue weighted by Gasteiger charge is -2.19. The van der Waals surface area contributed by atoms with Crippen LogP contribution < -0.4 is 11.1 Å². The van der Waals surface area contributed by atoms with Crippen molar-refractivity contribution in [1.29, 1.82) is 0 Å². The molecule has 1 amide bonds. The molecular weight excluding hydrogens is 260 g/mol. The lowest BCUT2D eigenvalue weighted by molar-refractivity contribution is 0.100. The Morgan fingerprint density at radius 2 is 2.21 bits per heavy atom. The molecule has 1 aromatic rings. The van der Waals surface area contributed by atoms with E-state index in [1.54, 1.807) is 12.1 Å². The molecule has 0 spiro atoms. The average Bonchev–Trinajstić information content (AvgIpc) is 2.99. The predicted octanol–water partition coefficient (Wildman–Crippen LogP) is 3.06. The van der Waals surface area contributed by atoms with Gasteiger partial charge >= 0.3 is 0 Å². The number of amides is 1. The van der Waals surface area contributed by atoms with Crippen molar-refractivity contribution in [2.24, 2.45) is 23.5 Å². The number of rotatable bonds is 4. The monoisotopic (exact) mass is 276 g/mol. The van der Waals surface area contributed by atoms with Gasteiger partial charge in [-0.15, -0.1) is 0 Å². The highest BCUT2D eigenvalue weighted by Gasteiger charge is 2.35. The van der Waals surface area contributed by atoms with Crippen molar-refractivity contribution in [2.45, 2.75) is 12.8 Å². The summed E-state index contributed by atoms with van der Waals surface area (Å²) in [6, 6.07) is 5.33. The number of hydrogen-bond donors (Lipinski definition) is 2. The number of carbonyl (C=O) groups is 1. The molecule has 1 saturated carbocycles. The first-order valence-corrected chi connectivity index (χ1v) is 7.03. The molecule has 3 unspecified atom stereocenters. The topological polar surface area (TPSA) is 55.1 Å². The summed E-state index contributed by atoms with van der Waals surface area (Å²) in [5.41, 5.74) is 6.57. The molecule has 2 aliphatic rings. The maximum Gasteiger partial charge on any atom is 0.250 e. The van der Waals surface area contributed by atoms with Crippen molar-refractivity contribution in [3.63, 3.8) is 0 Å². The largest absolute Gasteiger partial charge is 0.385 e. The van der Waals surface area contributed by atoms with Gasteiger partial charge < -0.3 is 11.1 Å². The Kier molecular flexibility index (Phi) is 3.23. The molecule has 4 heteroatoms. The molecule has 19 heavy (non-hydrogen) atoms. The molecule has 0 aromatic heterocycles. The van der Waals surface area contributed by atoms with E-state index in [0.717, 1.165) is 24.1 Å². The SMILES string of the molecule is NC(=O)c1cc(NCC2CC3C=CC2C3)ccc1Cl. The Morgan fingerprint density at radius 3 is 2.84 bits per heavy atom. The van der Waals surface area contributed by atoms with E-state index in [1.165, 1.54) is 12.8 Å². The third-order valence-corrected chi connectivity index (χ3v) is 4.55. The highest BCUT2D eigenvalue weighted by molar-refractivity contribution is 6.33. The first-order chi connectivity index (χ1) is 9.13. The van der Waals surface area contributed by atoms with Crippen molar-refractivity contribution in [3.8, 4) is 0 Å². The molecule has 2 aliphatic carbocycles. The number of hydrogen-bond acceptors (Lipinski definition) is 2. The van der Waals surface area contributed by atoms with E-state index in [2.05, 4.69) is 17.5 Å². The number of carbonyl (C=O) groups excluding carboxylic acids is 1. The molecule has 3 nitrogen and oxygen atoms in total. The smallest absolute Gasteiger partial charge is 0.250 e. The van der Waals surface area contributed by atoms with Crippen LogP contribution in [0.3, 0.4) is 0 Å². The van der Waals surface area contributed by atoms with Gasteiger partial charge in [-0.05, 0) is 48.8 Å². The zero-order valence-electron chi connectivity index (χ0n) is 10.6. The van der Waals surface area contributed by atoms with Gasteiger partial charge in [-0.2, -0.15) is 0 Å². The van der Waals surface area contributed by atoms with Gasteiger partial charge in [0.1, 0.15) is 0 Å². The third-order valence-electron chi connectivity index (χ3n) is 4.22. The van der Waals surface area contributed by atoms with Crippen molar-refractivity contribution in [3.05, 3.63) is 40.9 Å². The number of halogens is 1. The summed E-state index contributed by atoms with van der Waals surface area (Å²) in [7, 11) is 0. The molecule has 1 aromatic carbocycles. The minimum absolute atomic E-state index is 0.375. The third kappa shape index (κ3) is 2.47. The Bertz CT molecular complexity index is 541. The first kappa shape index (κ1) is 12.5. The molecule has 0 heterocycles.